The smallest absolute Gasteiger partial charge is 0.260 e. The monoisotopic (exact) mass is 321 g/mol. The molecule has 5 heteroatoms. The summed E-state index contributed by atoms with van der Waals surface area (Å²) in [4.78, 5) is 14.1. The lowest BCUT2D eigenvalue weighted by molar-refractivity contribution is 0.0725. The summed E-state index contributed by atoms with van der Waals surface area (Å²) in [5.41, 5.74) is 0.440. The average molecular weight is 322 g/mol. The first-order valence-corrected chi connectivity index (χ1v) is 7.46. The summed E-state index contributed by atoms with van der Waals surface area (Å²) < 4.78 is 27.7. The van der Waals surface area contributed by atoms with Gasteiger partial charge in [0, 0.05) is 11.6 Å². The molecule has 3 rings (SSSR count). The summed E-state index contributed by atoms with van der Waals surface area (Å²) in [7, 11) is 0. The van der Waals surface area contributed by atoms with E-state index in [-0.39, 0.29) is 6.04 Å². The van der Waals surface area contributed by atoms with E-state index in [0.717, 1.165) is 30.5 Å². The minimum Gasteiger partial charge on any atom is -0.331 e. The second kappa shape index (κ2) is 6.05. The number of likely N-dealkylation sites (tertiary alicyclic amines) is 1. The van der Waals surface area contributed by atoms with Crippen LogP contribution in [-0.4, -0.2) is 17.4 Å². The zero-order valence-corrected chi connectivity index (χ0v) is 12.5. The molecule has 1 aliphatic rings. The first-order valence-electron chi connectivity index (χ1n) is 7.08. The van der Waals surface area contributed by atoms with Gasteiger partial charge in [-0.15, -0.1) is 0 Å². The maximum Gasteiger partial charge on any atom is 0.260 e. The molecule has 0 radical (unpaired) electrons. The van der Waals surface area contributed by atoms with E-state index in [1.54, 1.807) is 12.1 Å². The molecule has 1 fully saturated rings. The first-order chi connectivity index (χ1) is 10.6. The molecule has 0 spiro atoms. The first kappa shape index (κ1) is 15.0. The molecule has 2 aromatic rings. The Morgan fingerprint density at radius 2 is 1.73 bits per heavy atom. The standard InChI is InChI=1S/C17H14ClF2NO/c18-12-8-6-11(7-9-12)15-5-2-10-21(15)17(22)16-13(19)3-1-4-14(16)20/h1,3-4,6-9,15H,2,5,10H2/t15-/m1/s1. The summed E-state index contributed by atoms with van der Waals surface area (Å²) in [6.45, 7) is 0.486. The molecule has 1 heterocycles. The molecular weight excluding hydrogens is 308 g/mol. The predicted octanol–water partition coefficient (Wildman–Crippen LogP) is 4.60. The van der Waals surface area contributed by atoms with Gasteiger partial charge in [0.05, 0.1) is 6.04 Å². The molecule has 22 heavy (non-hydrogen) atoms. The third-order valence-electron chi connectivity index (χ3n) is 3.95. The molecule has 1 amide bonds. The number of carbonyl (C=O) groups excluding carboxylic acids is 1. The third-order valence-corrected chi connectivity index (χ3v) is 4.20. The van der Waals surface area contributed by atoms with E-state index in [2.05, 4.69) is 0 Å². The van der Waals surface area contributed by atoms with Crippen molar-refractivity contribution in [2.45, 2.75) is 18.9 Å². The van der Waals surface area contributed by atoms with Gasteiger partial charge >= 0.3 is 0 Å². The molecule has 0 saturated carbocycles. The van der Waals surface area contributed by atoms with Crippen LogP contribution in [0.15, 0.2) is 42.5 Å². The van der Waals surface area contributed by atoms with E-state index in [9.17, 15) is 13.6 Å². The number of hydrogen-bond acceptors (Lipinski definition) is 1. The zero-order chi connectivity index (χ0) is 15.7. The van der Waals surface area contributed by atoms with Gasteiger partial charge in [-0.3, -0.25) is 4.79 Å². The highest BCUT2D eigenvalue weighted by Gasteiger charge is 2.33. The quantitative estimate of drug-likeness (QED) is 0.792. The van der Waals surface area contributed by atoms with E-state index < -0.39 is 23.1 Å². The van der Waals surface area contributed by atoms with Gasteiger partial charge in [0.2, 0.25) is 0 Å². The number of nitrogens with zero attached hydrogens (tertiary/aromatic N) is 1. The fourth-order valence-corrected chi connectivity index (χ4v) is 3.01. The largest absolute Gasteiger partial charge is 0.331 e. The molecule has 0 aliphatic carbocycles. The summed E-state index contributed by atoms with van der Waals surface area (Å²) in [5.74, 6) is -2.26. The van der Waals surface area contributed by atoms with Crippen LogP contribution in [0.2, 0.25) is 5.02 Å². The van der Waals surface area contributed by atoms with Crippen LogP contribution in [0.3, 0.4) is 0 Å². The van der Waals surface area contributed by atoms with Crippen LogP contribution in [-0.2, 0) is 0 Å². The predicted molar refractivity (Wildman–Crippen MR) is 80.8 cm³/mol. The van der Waals surface area contributed by atoms with Crippen LogP contribution >= 0.6 is 11.6 Å². The number of amides is 1. The lowest BCUT2D eigenvalue weighted by Crippen LogP contribution is -2.32. The van der Waals surface area contributed by atoms with Gasteiger partial charge in [0.25, 0.3) is 5.91 Å². The van der Waals surface area contributed by atoms with Gasteiger partial charge in [-0.2, -0.15) is 0 Å². The third kappa shape index (κ3) is 2.71. The molecule has 1 atom stereocenters. The van der Waals surface area contributed by atoms with Crippen LogP contribution in [0.1, 0.15) is 34.8 Å². The molecule has 0 aromatic heterocycles. The summed E-state index contributed by atoms with van der Waals surface area (Å²) >= 11 is 5.88. The van der Waals surface area contributed by atoms with Crippen LogP contribution < -0.4 is 0 Å². The number of halogens is 3. The van der Waals surface area contributed by atoms with Crippen molar-refractivity contribution in [3.8, 4) is 0 Å². The van der Waals surface area contributed by atoms with Gasteiger partial charge in [-0.05, 0) is 42.7 Å². The molecular formula is C17H14ClF2NO. The maximum atomic E-state index is 13.8. The maximum absolute atomic E-state index is 13.8. The Balaban J connectivity index is 1.93. The van der Waals surface area contributed by atoms with Crippen molar-refractivity contribution in [1.29, 1.82) is 0 Å². The lowest BCUT2D eigenvalue weighted by Gasteiger charge is -2.25. The van der Waals surface area contributed by atoms with Crippen LogP contribution in [0.25, 0.3) is 0 Å². The molecule has 0 bridgehead atoms. The van der Waals surface area contributed by atoms with Crippen molar-refractivity contribution in [1.82, 2.24) is 4.90 Å². The fraction of sp³-hybridized carbons (Fsp3) is 0.235. The normalized spacial score (nSPS) is 17.8. The second-order valence-electron chi connectivity index (χ2n) is 5.30. The Morgan fingerprint density at radius 1 is 1.09 bits per heavy atom. The number of rotatable bonds is 2. The van der Waals surface area contributed by atoms with E-state index >= 15 is 0 Å². The Hall–Kier alpha value is -1.94. The molecule has 0 unspecified atom stereocenters. The molecule has 1 aliphatic heterocycles. The van der Waals surface area contributed by atoms with Crippen LogP contribution in [0.5, 0.6) is 0 Å². The van der Waals surface area contributed by atoms with Crippen molar-refractivity contribution in [3.05, 3.63) is 70.2 Å². The Labute approximate surface area is 132 Å². The van der Waals surface area contributed by atoms with Crippen molar-refractivity contribution < 1.29 is 13.6 Å². The van der Waals surface area contributed by atoms with Gasteiger partial charge in [0.15, 0.2) is 0 Å². The van der Waals surface area contributed by atoms with Crippen molar-refractivity contribution in [2.75, 3.05) is 6.54 Å². The van der Waals surface area contributed by atoms with E-state index in [1.165, 1.54) is 11.0 Å². The summed E-state index contributed by atoms with van der Waals surface area (Å²) in [5, 5.41) is 0.611. The summed E-state index contributed by atoms with van der Waals surface area (Å²) in [6.07, 6.45) is 1.57. The highest BCUT2D eigenvalue weighted by atomic mass is 35.5. The molecule has 2 aromatic carbocycles. The lowest BCUT2D eigenvalue weighted by atomic mass is 10.0. The van der Waals surface area contributed by atoms with Gasteiger partial charge in [0.1, 0.15) is 17.2 Å². The van der Waals surface area contributed by atoms with Gasteiger partial charge < -0.3 is 4.90 Å². The second-order valence-corrected chi connectivity index (χ2v) is 5.74. The molecule has 0 N–H and O–H groups in total. The molecule has 114 valence electrons. The minimum atomic E-state index is -0.827. The number of benzene rings is 2. The van der Waals surface area contributed by atoms with E-state index in [0.29, 0.717) is 11.6 Å². The molecule has 1 saturated heterocycles. The topological polar surface area (TPSA) is 20.3 Å². The van der Waals surface area contributed by atoms with E-state index in [4.69, 9.17) is 11.6 Å². The summed E-state index contributed by atoms with van der Waals surface area (Å²) in [6, 6.07) is 10.5. The fourth-order valence-electron chi connectivity index (χ4n) is 2.89. The minimum absolute atomic E-state index is 0.177. The van der Waals surface area contributed by atoms with Crippen molar-refractivity contribution in [3.63, 3.8) is 0 Å². The van der Waals surface area contributed by atoms with Crippen molar-refractivity contribution in [2.24, 2.45) is 0 Å². The van der Waals surface area contributed by atoms with Gasteiger partial charge in [-0.25, -0.2) is 8.78 Å². The molecule has 2 nitrogen and oxygen atoms in total. The number of hydrogen-bond donors (Lipinski definition) is 0. The van der Waals surface area contributed by atoms with Crippen LogP contribution in [0, 0.1) is 11.6 Å². The van der Waals surface area contributed by atoms with Gasteiger partial charge in [-0.1, -0.05) is 29.8 Å². The Bertz CT molecular complexity index is 682. The Morgan fingerprint density at radius 3 is 2.36 bits per heavy atom. The highest BCUT2D eigenvalue weighted by Crippen LogP contribution is 2.34. The van der Waals surface area contributed by atoms with Crippen molar-refractivity contribution >= 4 is 17.5 Å². The van der Waals surface area contributed by atoms with E-state index in [1.807, 2.05) is 12.1 Å². The zero-order valence-electron chi connectivity index (χ0n) is 11.7. The average Bonchev–Trinajstić information content (AvgIpc) is 2.97. The number of carbonyl (C=O) groups is 1. The SMILES string of the molecule is O=C(c1c(F)cccc1F)N1CCC[C@@H]1c1ccc(Cl)cc1. The highest BCUT2D eigenvalue weighted by molar-refractivity contribution is 6.30. The van der Waals surface area contributed by atoms with Crippen LogP contribution in [0.4, 0.5) is 8.78 Å². The Kier molecular flexibility index (Phi) is 4.12.